The zero-order chi connectivity index (χ0) is 36.3. The van der Waals surface area contributed by atoms with Crippen molar-refractivity contribution in [3.05, 3.63) is 93.9 Å². The van der Waals surface area contributed by atoms with E-state index in [-0.39, 0.29) is 39.8 Å². The van der Waals surface area contributed by atoms with Gasteiger partial charge in [0, 0.05) is 75.6 Å². The molecule has 1 saturated heterocycles. The number of para-hydroxylation sites is 1. The molecule has 2 heterocycles. The third-order valence-electron chi connectivity index (χ3n) is 8.37. The first-order chi connectivity index (χ1) is 24.6. The van der Waals surface area contributed by atoms with Gasteiger partial charge in [-0.3, -0.25) is 9.59 Å². The van der Waals surface area contributed by atoms with E-state index in [4.69, 9.17) is 25.8 Å². The number of methoxy groups -OCH3 is 1. The summed E-state index contributed by atoms with van der Waals surface area (Å²) in [5, 5.41) is 8.75. The first-order valence-corrected chi connectivity index (χ1v) is 17.1. The lowest BCUT2D eigenvalue weighted by Crippen LogP contribution is -2.44. The number of nitrogens with zero attached hydrogens (tertiary/aromatic N) is 4. The van der Waals surface area contributed by atoms with E-state index in [2.05, 4.69) is 42.8 Å². The van der Waals surface area contributed by atoms with Gasteiger partial charge in [0.25, 0.3) is 11.8 Å². The lowest BCUT2D eigenvalue weighted by Gasteiger charge is -2.32. The maximum Gasteiger partial charge on any atom is 0.262 e. The van der Waals surface area contributed by atoms with Crippen LogP contribution in [0.1, 0.15) is 38.3 Å². The van der Waals surface area contributed by atoms with Gasteiger partial charge in [-0.25, -0.2) is 9.37 Å². The number of piperazine rings is 1. The van der Waals surface area contributed by atoms with Crippen LogP contribution in [-0.4, -0.2) is 98.2 Å². The molecule has 1 fully saturated rings. The van der Waals surface area contributed by atoms with Crippen LogP contribution in [0, 0.1) is 19.7 Å². The molecular weight excluding hydrogens is 677 g/mol. The summed E-state index contributed by atoms with van der Waals surface area (Å²) >= 11 is 6.53. The van der Waals surface area contributed by atoms with E-state index < -0.39 is 11.7 Å². The summed E-state index contributed by atoms with van der Waals surface area (Å²) in [7, 11) is 3.66. The van der Waals surface area contributed by atoms with E-state index in [1.54, 1.807) is 25.3 Å². The number of anilines is 3. The molecule has 0 atom stereocenters. The maximum absolute atomic E-state index is 15.1. The van der Waals surface area contributed by atoms with Gasteiger partial charge in [-0.1, -0.05) is 29.8 Å². The van der Waals surface area contributed by atoms with Gasteiger partial charge in [-0.15, -0.1) is 0 Å². The summed E-state index contributed by atoms with van der Waals surface area (Å²) in [6.45, 7) is 9.89. The van der Waals surface area contributed by atoms with Crippen LogP contribution < -0.4 is 25.4 Å². The maximum atomic E-state index is 15.1. The number of aryl methyl sites for hydroxylation is 2. The average molecular weight is 720 g/mol. The smallest absolute Gasteiger partial charge is 0.262 e. The van der Waals surface area contributed by atoms with Crippen LogP contribution in [-0.2, 0) is 4.74 Å². The number of halogens is 2. The highest BCUT2D eigenvalue weighted by molar-refractivity contribution is 6.32. The second-order valence-electron chi connectivity index (χ2n) is 12.2. The first kappa shape index (κ1) is 37.4. The molecule has 1 aliphatic heterocycles. The topological polar surface area (TPSA) is 130 Å². The predicted octanol–water partition coefficient (Wildman–Crippen LogP) is 6.07. The Morgan fingerprint density at radius 3 is 2.41 bits per heavy atom. The molecule has 270 valence electrons. The van der Waals surface area contributed by atoms with E-state index in [1.807, 2.05) is 32.0 Å². The SMILES string of the molecule is COCCNC(=O)c1ccc(Oc2nc(Nc3ccc(OCCCN4CCN(C)CC4)c(F)c3)ncc2C(=O)Nc2c(C)cccc2C)c(Cl)c1. The standard InChI is InChI=1S/C37H43ClFN7O5/c1-24-7-5-8-25(2)33(24)43-35(48)28-23-41-37(44-36(28)51-31-11-9-26(21-29(31)38)34(47)40-13-20-49-4)42-27-10-12-32(30(39)22-27)50-19-6-14-46-17-15-45(3)16-18-46/h5,7-12,21-23H,6,13-20H2,1-4H3,(H,40,47)(H,43,48)(H,41,42,44). The number of aromatic nitrogens is 2. The summed E-state index contributed by atoms with van der Waals surface area (Å²) in [6, 6.07) is 14.7. The van der Waals surface area contributed by atoms with Gasteiger partial charge in [0.15, 0.2) is 11.6 Å². The summed E-state index contributed by atoms with van der Waals surface area (Å²) in [5.41, 5.74) is 3.08. The molecule has 1 aromatic heterocycles. The second kappa shape index (κ2) is 17.9. The summed E-state index contributed by atoms with van der Waals surface area (Å²) < 4.78 is 31.8. The normalized spacial score (nSPS) is 13.5. The van der Waals surface area contributed by atoms with E-state index in [9.17, 15) is 9.59 Å². The Balaban J connectivity index is 1.32. The molecule has 0 unspecified atom stereocenters. The molecule has 0 aliphatic carbocycles. The van der Waals surface area contributed by atoms with Crippen LogP contribution in [0.25, 0.3) is 0 Å². The minimum absolute atomic E-state index is 0.0205. The molecule has 2 amide bonds. The number of benzene rings is 3. The molecule has 3 N–H and O–H groups in total. The third-order valence-corrected chi connectivity index (χ3v) is 8.67. The highest BCUT2D eigenvalue weighted by Crippen LogP contribution is 2.33. The van der Waals surface area contributed by atoms with Crippen LogP contribution in [0.2, 0.25) is 5.02 Å². The fraction of sp³-hybridized carbons (Fsp3) is 0.351. The van der Waals surface area contributed by atoms with Gasteiger partial charge in [0.1, 0.15) is 11.3 Å². The minimum Gasteiger partial charge on any atom is -0.490 e. The molecule has 0 spiro atoms. The molecule has 1 aliphatic rings. The molecule has 12 nitrogen and oxygen atoms in total. The van der Waals surface area contributed by atoms with Crippen molar-refractivity contribution in [2.75, 3.05) is 77.3 Å². The molecule has 5 rings (SSSR count). The zero-order valence-corrected chi connectivity index (χ0v) is 30.0. The van der Waals surface area contributed by atoms with Crippen molar-refractivity contribution in [2.45, 2.75) is 20.3 Å². The predicted molar refractivity (Wildman–Crippen MR) is 195 cm³/mol. The summed E-state index contributed by atoms with van der Waals surface area (Å²) in [4.78, 5) is 39.6. The van der Waals surface area contributed by atoms with Crippen molar-refractivity contribution in [3.8, 4) is 17.4 Å². The molecule has 4 aromatic rings. The van der Waals surface area contributed by atoms with E-state index >= 15 is 4.39 Å². The van der Waals surface area contributed by atoms with E-state index in [1.165, 1.54) is 24.4 Å². The van der Waals surface area contributed by atoms with Crippen molar-refractivity contribution in [1.29, 1.82) is 0 Å². The number of ether oxygens (including phenoxy) is 3. The van der Waals surface area contributed by atoms with Gasteiger partial charge < -0.3 is 40.0 Å². The number of nitrogens with one attached hydrogen (secondary N) is 3. The zero-order valence-electron chi connectivity index (χ0n) is 29.2. The molecule has 14 heteroatoms. The van der Waals surface area contributed by atoms with Gasteiger partial charge >= 0.3 is 0 Å². The van der Waals surface area contributed by atoms with E-state index in [0.717, 1.165) is 50.3 Å². The van der Waals surface area contributed by atoms with Gasteiger partial charge in [-0.05, 0) is 68.8 Å². The third kappa shape index (κ3) is 10.4. The molecule has 0 radical (unpaired) electrons. The number of amides is 2. The Hall–Kier alpha value is -4.82. The Morgan fingerprint density at radius 1 is 0.961 bits per heavy atom. The molecule has 0 saturated carbocycles. The number of rotatable bonds is 15. The number of hydrogen-bond donors (Lipinski definition) is 3. The van der Waals surface area contributed by atoms with Crippen LogP contribution in [0.5, 0.6) is 17.4 Å². The Labute approximate surface area is 302 Å². The molecule has 51 heavy (non-hydrogen) atoms. The monoisotopic (exact) mass is 719 g/mol. The Kier molecular flexibility index (Phi) is 13.1. The first-order valence-electron chi connectivity index (χ1n) is 16.7. The Morgan fingerprint density at radius 2 is 1.71 bits per heavy atom. The second-order valence-corrected chi connectivity index (χ2v) is 12.7. The minimum atomic E-state index is -0.543. The van der Waals surface area contributed by atoms with Crippen molar-refractivity contribution in [1.82, 2.24) is 25.1 Å². The largest absolute Gasteiger partial charge is 0.490 e. The van der Waals surface area contributed by atoms with Crippen LogP contribution >= 0.6 is 11.6 Å². The van der Waals surface area contributed by atoms with Gasteiger partial charge in [0.2, 0.25) is 11.8 Å². The highest BCUT2D eigenvalue weighted by Gasteiger charge is 2.21. The van der Waals surface area contributed by atoms with Crippen molar-refractivity contribution >= 4 is 40.7 Å². The van der Waals surface area contributed by atoms with E-state index in [0.29, 0.717) is 36.7 Å². The fourth-order valence-electron chi connectivity index (χ4n) is 5.42. The fourth-order valence-corrected chi connectivity index (χ4v) is 5.64. The highest BCUT2D eigenvalue weighted by atomic mass is 35.5. The summed E-state index contributed by atoms with van der Waals surface area (Å²) in [6.07, 6.45) is 2.10. The Bertz CT molecular complexity index is 1820. The van der Waals surface area contributed by atoms with Gasteiger partial charge in [-0.2, -0.15) is 4.98 Å². The quantitative estimate of drug-likeness (QED) is 0.125. The van der Waals surface area contributed by atoms with Crippen LogP contribution in [0.3, 0.4) is 0 Å². The van der Waals surface area contributed by atoms with Crippen LogP contribution in [0.4, 0.5) is 21.7 Å². The number of hydrogen-bond acceptors (Lipinski definition) is 10. The van der Waals surface area contributed by atoms with Crippen molar-refractivity contribution < 1.29 is 28.2 Å². The lowest BCUT2D eigenvalue weighted by molar-refractivity contribution is 0.0936. The summed E-state index contributed by atoms with van der Waals surface area (Å²) in [5.74, 6) is -1.17. The molecule has 3 aromatic carbocycles. The average Bonchev–Trinajstić information content (AvgIpc) is 3.11. The van der Waals surface area contributed by atoms with Gasteiger partial charge in [0.05, 0.1) is 18.2 Å². The molecule has 0 bridgehead atoms. The number of carbonyl (C=O) groups excluding carboxylic acids is 2. The lowest BCUT2D eigenvalue weighted by atomic mass is 10.1. The number of carbonyl (C=O) groups is 2. The molecular formula is C37H43ClFN7O5. The van der Waals surface area contributed by atoms with Crippen molar-refractivity contribution in [3.63, 3.8) is 0 Å². The van der Waals surface area contributed by atoms with Crippen LogP contribution in [0.15, 0.2) is 60.8 Å². The number of likely N-dealkylation sites (N-methyl/N-ethyl adjacent to an activating group) is 1. The van der Waals surface area contributed by atoms with Crippen molar-refractivity contribution in [2.24, 2.45) is 0 Å².